The molecule has 0 aliphatic heterocycles. The van der Waals surface area contributed by atoms with Crippen LogP contribution in [0.25, 0.3) is 0 Å². The van der Waals surface area contributed by atoms with E-state index >= 15 is 0 Å². The zero-order chi connectivity index (χ0) is 15.9. The highest BCUT2D eigenvalue weighted by atomic mass is 16.4. The van der Waals surface area contributed by atoms with Gasteiger partial charge in [0.05, 0.1) is 0 Å². The number of amides is 1. The van der Waals surface area contributed by atoms with E-state index in [1.807, 2.05) is 30.3 Å². The van der Waals surface area contributed by atoms with Crippen molar-refractivity contribution < 1.29 is 14.7 Å². The molecule has 0 saturated carbocycles. The van der Waals surface area contributed by atoms with E-state index in [0.29, 0.717) is 12.8 Å². The number of carboxylic acids is 1. The van der Waals surface area contributed by atoms with Crippen molar-refractivity contribution in [2.75, 3.05) is 7.05 Å². The van der Waals surface area contributed by atoms with Crippen LogP contribution in [0.5, 0.6) is 0 Å². The van der Waals surface area contributed by atoms with Crippen LogP contribution in [-0.4, -0.2) is 35.0 Å². The summed E-state index contributed by atoms with van der Waals surface area (Å²) in [6.07, 6.45) is 7.08. The van der Waals surface area contributed by atoms with E-state index in [0.717, 1.165) is 30.4 Å². The largest absolute Gasteiger partial charge is 0.480 e. The van der Waals surface area contributed by atoms with Crippen molar-refractivity contribution in [3.8, 4) is 0 Å². The van der Waals surface area contributed by atoms with Crippen molar-refractivity contribution in [1.82, 2.24) is 4.90 Å². The highest BCUT2D eigenvalue weighted by Gasteiger charge is 2.27. The summed E-state index contributed by atoms with van der Waals surface area (Å²) < 4.78 is 0. The molecule has 2 rings (SSSR count). The number of carbonyl (C=O) groups excluding carboxylic acids is 1. The molecule has 1 N–H and O–H groups in total. The molecule has 1 unspecified atom stereocenters. The summed E-state index contributed by atoms with van der Waals surface area (Å²) in [4.78, 5) is 25.3. The lowest BCUT2D eigenvalue weighted by Crippen LogP contribution is -2.44. The molecule has 4 nitrogen and oxygen atoms in total. The second-order valence-electron chi connectivity index (χ2n) is 5.83. The van der Waals surface area contributed by atoms with Gasteiger partial charge in [0, 0.05) is 19.9 Å². The second kappa shape index (κ2) is 7.78. The van der Waals surface area contributed by atoms with Crippen molar-refractivity contribution in [2.45, 2.75) is 44.6 Å². The Morgan fingerprint density at radius 2 is 1.95 bits per heavy atom. The van der Waals surface area contributed by atoms with Crippen molar-refractivity contribution >= 4 is 11.9 Å². The van der Waals surface area contributed by atoms with E-state index in [9.17, 15) is 14.7 Å². The van der Waals surface area contributed by atoms with Gasteiger partial charge in [0.2, 0.25) is 5.91 Å². The van der Waals surface area contributed by atoms with Crippen LogP contribution < -0.4 is 0 Å². The third-order valence-electron chi connectivity index (χ3n) is 4.18. The smallest absolute Gasteiger partial charge is 0.326 e. The van der Waals surface area contributed by atoms with Crippen molar-refractivity contribution in [2.24, 2.45) is 0 Å². The van der Waals surface area contributed by atoms with Crippen LogP contribution in [-0.2, 0) is 16.0 Å². The maximum Gasteiger partial charge on any atom is 0.326 e. The second-order valence-corrected chi connectivity index (χ2v) is 5.83. The summed E-state index contributed by atoms with van der Waals surface area (Å²) in [5, 5.41) is 9.45. The van der Waals surface area contributed by atoms with Crippen LogP contribution in [0.1, 0.15) is 37.7 Å². The van der Waals surface area contributed by atoms with Crippen molar-refractivity contribution in [1.29, 1.82) is 0 Å². The van der Waals surface area contributed by atoms with Gasteiger partial charge < -0.3 is 10.0 Å². The lowest BCUT2D eigenvalue weighted by Gasteiger charge is -2.26. The number of carboxylic acid groups (broad SMARTS) is 1. The monoisotopic (exact) mass is 301 g/mol. The molecule has 0 spiro atoms. The number of nitrogens with zero attached hydrogens (tertiary/aromatic N) is 1. The van der Waals surface area contributed by atoms with E-state index in [2.05, 4.69) is 6.08 Å². The number of hydrogen-bond acceptors (Lipinski definition) is 2. The number of rotatable bonds is 6. The molecule has 1 aromatic rings. The average Bonchev–Trinajstić information content (AvgIpc) is 2.53. The molecular formula is C18H23NO3. The number of allylic oxidation sites excluding steroid dienone is 1. The molecule has 118 valence electrons. The van der Waals surface area contributed by atoms with Gasteiger partial charge in [-0.15, -0.1) is 0 Å². The normalized spacial score (nSPS) is 15.8. The Hall–Kier alpha value is -2.10. The molecule has 1 aliphatic carbocycles. The SMILES string of the molecule is CN(C(=O)CC1=CCCCC1)C(Cc1ccccc1)C(=O)O. The fourth-order valence-corrected chi connectivity index (χ4v) is 2.79. The molecule has 0 aromatic heterocycles. The maximum absolute atomic E-state index is 12.4. The Kier molecular flexibility index (Phi) is 5.75. The first-order chi connectivity index (χ1) is 10.6. The van der Waals surface area contributed by atoms with Crippen LogP contribution in [0.4, 0.5) is 0 Å². The lowest BCUT2D eigenvalue weighted by molar-refractivity contribution is -0.148. The Morgan fingerprint density at radius 1 is 1.23 bits per heavy atom. The zero-order valence-electron chi connectivity index (χ0n) is 13.0. The van der Waals surface area contributed by atoms with Gasteiger partial charge in [-0.2, -0.15) is 0 Å². The quantitative estimate of drug-likeness (QED) is 0.822. The van der Waals surface area contributed by atoms with Gasteiger partial charge in [-0.1, -0.05) is 42.0 Å². The topological polar surface area (TPSA) is 57.6 Å². The first-order valence-corrected chi connectivity index (χ1v) is 7.78. The number of hydrogen-bond donors (Lipinski definition) is 1. The number of aliphatic carboxylic acids is 1. The molecule has 0 radical (unpaired) electrons. The van der Waals surface area contributed by atoms with Crippen LogP contribution in [0.15, 0.2) is 42.0 Å². The lowest BCUT2D eigenvalue weighted by atomic mass is 9.96. The highest BCUT2D eigenvalue weighted by Crippen LogP contribution is 2.21. The summed E-state index contributed by atoms with van der Waals surface area (Å²) >= 11 is 0. The summed E-state index contributed by atoms with van der Waals surface area (Å²) in [5.41, 5.74) is 2.07. The summed E-state index contributed by atoms with van der Waals surface area (Å²) in [5.74, 6) is -1.08. The maximum atomic E-state index is 12.4. The van der Waals surface area contributed by atoms with E-state index in [-0.39, 0.29) is 5.91 Å². The van der Waals surface area contributed by atoms with E-state index in [4.69, 9.17) is 0 Å². The van der Waals surface area contributed by atoms with Crippen LogP contribution in [0.2, 0.25) is 0 Å². The average molecular weight is 301 g/mol. The molecule has 0 saturated heterocycles. The molecule has 1 amide bonds. The molecule has 1 aliphatic rings. The molecule has 1 atom stereocenters. The van der Waals surface area contributed by atoms with Gasteiger partial charge in [-0.25, -0.2) is 4.79 Å². The zero-order valence-corrected chi connectivity index (χ0v) is 13.0. The van der Waals surface area contributed by atoms with Gasteiger partial charge in [0.15, 0.2) is 0 Å². The highest BCUT2D eigenvalue weighted by molar-refractivity contribution is 5.85. The minimum atomic E-state index is -0.961. The molecular weight excluding hydrogens is 278 g/mol. The van der Waals surface area contributed by atoms with E-state index < -0.39 is 12.0 Å². The molecule has 1 aromatic carbocycles. The van der Waals surface area contributed by atoms with Crippen molar-refractivity contribution in [3.05, 3.63) is 47.5 Å². The molecule has 0 fully saturated rings. The Labute approximate surface area is 131 Å². The van der Waals surface area contributed by atoms with E-state index in [1.54, 1.807) is 7.05 Å². The Balaban J connectivity index is 2.02. The molecule has 4 heteroatoms. The standard InChI is InChI=1S/C18H23NO3/c1-19(17(20)13-15-10-6-3-7-11-15)16(18(21)22)12-14-8-4-2-5-9-14/h2,4-5,8-10,16H,3,6-7,11-13H2,1H3,(H,21,22). The summed E-state index contributed by atoms with van der Waals surface area (Å²) in [6, 6.07) is 8.60. The fourth-order valence-electron chi connectivity index (χ4n) is 2.79. The van der Waals surface area contributed by atoms with Crippen LogP contribution in [0, 0.1) is 0 Å². The number of carbonyl (C=O) groups is 2. The Morgan fingerprint density at radius 3 is 2.55 bits per heavy atom. The predicted octanol–water partition coefficient (Wildman–Crippen LogP) is 3.03. The summed E-state index contributed by atoms with van der Waals surface area (Å²) in [6.45, 7) is 0. The van der Waals surface area contributed by atoms with Crippen LogP contribution >= 0.6 is 0 Å². The third kappa shape index (κ3) is 4.45. The Bertz CT molecular complexity index is 551. The fraction of sp³-hybridized carbons (Fsp3) is 0.444. The number of likely N-dealkylation sites (N-methyl/N-ethyl adjacent to an activating group) is 1. The van der Waals surface area contributed by atoms with E-state index in [1.165, 1.54) is 11.3 Å². The minimum Gasteiger partial charge on any atom is -0.480 e. The molecule has 0 heterocycles. The van der Waals surface area contributed by atoms with Gasteiger partial charge >= 0.3 is 5.97 Å². The van der Waals surface area contributed by atoms with Gasteiger partial charge in [-0.3, -0.25) is 4.79 Å². The van der Waals surface area contributed by atoms with Gasteiger partial charge in [0.1, 0.15) is 6.04 Å². The third-order valence-corrected chi connectivity index (χ3v) is 4.18. The van der Waals surface area contributed by atoms with Crippen LogP contribution in [0.3, 0.4) is 0 Å². The first kappa shape index (κ1) is 16.3. The number of benzene rings is 1. The van der Waals surface area contributed by atoms with Crippen molar-refractivity contribution in [3.63, 3.8) is 0 Å². The molecule has 22 heavy (non-hydrogen) atoms. The molecule has 0 bridgehead atoms. The van der Waals surface area contributed by atoms with Gasteiger partial charge in [-0.05, 0) is 31.2 Å². The van der Waals surface area contributed by atoms with Gasteiger partial charge in [0.25, 0.3) is 0 Å². The first-order valence-electron chi connectivity index (χ1n) is 7.78. The predicted molar refractivity (Wildman–Crippen MR) is 85.5 cm³/mol. The summed E-state index contributed by atoms with van der Waals surface area (Å²) in [7, 11) is 1.59. The minimum absolute atomic E-state index is 0.114.